The predicted molar refractivity (Wildman–Crippen MR) is 102 cm³/mol. The van der Waals surface area contributed by atoms with E-state index in [0.29, 0.717) is 31.4 Å². The third kappa shape index (κ3) is 6.07. The van der Waals surface area contributed by atoms with E-state index in [1.807, 2.05) is 6.07 Å². The number of phenols is 1. The number of methoxy groups -OCH3 is 2. The van der Waals surface area contributed by atoms with Crippen molar-refractivity contribution < 1.29 is 19.3 Å². The Morgan fingerprint density at radius 1 is 1.35 bits per heavy atom. The van der Waals surface area contributed by atoms with Crippen LogP contribution >= 0.6 is 0 Å². The predicted octanol–water partition coefficient (Wildman–Crippen LogP) is 1.85. The standard InChI is InChI=1S/C19H31N3O4/c1-4-20-19(21-12-15-5-6-18(25-3)17(23)11-15)22-8-7-16(13-22)14-26-10-9-24-2/h5-6,11,16,23H,4,7-10,12-14H2,1-3H3,(H,20,21). The van der Waals surface area contributed by atoms with E-state index in [-0.39, 0.29) is 5.75 Å². The van der Waals surface area contributed by atoms with Gasteiger partial charge in [-0.05, 0) is 31.0 Å². The van der Waals surface area contributed by atoms with Crippen molar-refractivity contribution in [2.75, 3.05) is 53.7 Å². The van der Waals surface area contributed by atoms with Gasteiger partial charge in [0, 0.05) is 32.7 Å². The highest BCUT2D eigenvalue weighted by Crippen LogP contribution is 2.26. The molecule has 1 atom stereocenters. The molecule has 1 aromatic carbocycles. The number of ether oxygens (including phenoxy) is 3. The van der Waals surface area contributed by atoms with E-state index in [0.717, 1.165) is 44.2 Å². The number of likely N-dealkylation sites (tertiary alicyclic amines) is 1. The summed E-state index contributed by atoms with van der Waals surface area (Å²) in [5.41, 5.74) is 0.942. The van der Waals surface area contributed by atoms with Gasteiger partial charge in [0.1, 0.15) is 0 Å². The molecule has 0 bridgehead atoms. The molecular formula is C19H31N3O4. The lowest BCUT2D eigenvalue weighted by Gasteiger charge is -2.21. The molecule has 2 rings (SSSR count). The quantitative estimate of drug-likeness (QED) is 0.395. The summed E-state index contributed by atoms with van der Waals surface area (Å²) >= 11 is 0. The van der Waals surface area contributed by atoms with Gasteiger partial charge in [0.25, 0.3) is 0 Å². The minimum atomic E-state index is 0.139. The molecule has 1 aliphatic heterocycles. The second-order valence-corrected chi connectivity index (χ2v) is 6.34. The maximum atomic E-state index is 9.90. The van der Waals surface area contributed by atoms with Crippen LogP contribution in [0.5, 0.6) is 11.5 Å². The van der Waals surface area contributed by atoms with Crippen molar-refractivity contribution in [3.8, 4) is 11.5 Å². The van der Waals surface area contributed by atoms with Crippen molar-refractivity contribution in [2.45, 2.75) is 19.9 Å². The Morgan fingerprint density at radius 2 is 2.19 bits per heavy atom. The smallest absolute Gasteiger partial charge is 0.194 e. The Bertz CT molecular complexity index is 580. The topological polar surface area (TPSA) is 75.6 Å². The summed E-state index contributed by atoms with van der Waals surface area (Å²) in [6, 6.07) is 5.38. The van der Waals surface area contributed by atoms with Crippen LogP contribution in [0.3, 0.4) is 0 Å². The van der Waals surface area contributed by atoms with E-state index < -0.39 is 0 Å². The molecule has 0 saturated carbocycles. The fourth-order valence-electron chi connectivity index (χ4n) is 2.98. The van der Waals surface area contributed by atoms with Crippen LogP contribution in [-0.4, -0.2) is 69.6 Å². The van der Waals surface area contributed by atoms with E-state index >= 15 is 0 Å². The van der Waals surface area contributed by atoms with Gasteiger partial charge in [-0.1, -0.05) is 6.07 Å². The van der Waals surface area contributed by atoms with Gasteiger partial charge in [0.15, 0.2) is 17.5 Å². The maximum Gasteiger partial charge on any atom is 0.194 e. The molecule has 1 aromatic rings. The van der Waals surface area contributed by atoms with Crippen molar-refractivity contribution >= 4 is 5.96 Å². The fourth-order valence-corrected chi connectivity index (χ4v) is 2.98. The molecule has 1 fully saturated rings. The summed E-state index contributed by atoms with van der Waals surface area (Å²) in [5.74, 6) is 2.03. The van der Waals surface area contributed by atoms with Crippen molar-refractivity contribution in [1.82, 2.24) is 10.2 Å². The molecule has 146 valence electrons. The summed E-state index contributed by atoms with van der Waals surface area (Å²) in [6.45, 7) is 7.33. The molecule has 1 heterocycles. The van der Waals surface area contributed by atoms with Crippen LogP contribution in [0.15, 0.2) is 23.2 Å². The number of nitrogens with zero attached hydrogens (tertiary/aromatic N) is 2. The van der Waals surface area contributed by atoms with Gasteiger partial charge in [0.05, 0.1) is 33.5 Å². The molecular weight excluding hydrogens is 334 g/mol. The van der Waals surface area contributed by atoms with E-state index in [1.54, 1.807) is 26.4 Å². The Balaban J connectivity index is 1.91. The van der Waals surface area contributed by atoms with Gasteiger partial charge in [-0.2, -0.15) is 0 Å². The van der Waals surface area contributed by atoms with E-state index in [2.05, 4.69) is 17.1 Å². The maximum absolute atomic E-state index is 9.90. The van der Waals surface area contributed by atoms with Crippen LogP contribution in [0, 0.1) is 5.92 Å². The minimum Gasteiger partial charge on any atom is -0.504 e. The van der Waals surface area contributed by atoms with Crippen molar-refractivity contribution in [2.24, 2.45) is 10.9 Å². The third-order valence-corrected chi connectivity index (χ3v) is 4.36. The molecule has 0 aliphatic carbocycles. The van der Waals surface area contributed by atoms with Crippen LogP contribution in [0.4, 0.5) is 0 Å². The zero-order valence-electron chi connectivity index (χ0n) is 16.0. The van der Waals surface area contributed by atoms with Crippen LogP contribution in [-0.2, 0) is 16.0 Å². The number of hydrogen-bond acceptors (Lipinski definition) is 5. The molecule has 0 spiro atoms. The monoisotopic (exact) mass is 365 g/mol. The van der Waals surface area contributed by atoms with Gasteiger partial charge < -0.3 is 29.5 Å². The SMILES string of the molecule is CCNC(=NCc1ccc(OC)c(O)c1)N1CCC(COCCOC)C1. The van der Waals surface area contributed by atoms with Crippen LogP contribution in [0.2, 0.25) is 0 Å². The Labute approximate surface area is 156 Å². The number of aromatic hydroxyl groups is 1. The second-order valence-electron chi connectivity index (χ2n) is 6.34. The van der Waals surface area contributed by atoms with Crippen LogP contribution in [0.25, 0.3) is 0 Å². The van der Waals surface area contributed by atoms with Gasteiger partial charge in [0.2, 0.25) is 0 Å². The van der Waals surface area contributed by atoms with Gasteiger partial charge in [-0.25, -0.2) is 4.99 Å². The summed E-state index contributed by atoms with van der Waals surface area (Å²) in [6.07, 6.45) is 1.10. The summed E-state index contributed by atoms with van der Waals surface area (Å²) in [5, 5.41) is 13.3. The second kappa shape index (κ2) is 10.9. The molecule has 1 unspecified atom stereocenters. The molecule has 26 heavy (non-hydrogen) atoms. The van der Waals surface area contributed by atoms with Gasteiger partial charge >= 0.3 is 0 Å². The lowest BCUT2D eigenvalue weighted by molar-refractivity contribution is 0.0536. The highest BCUT2D eigenvalue weighted by Gasteiger charge is 2.24. The molecule has 1 aliphatic rings. The first-order valence-electron chi connectivity index (χ1n) is 9.13. The first kappa shape index (κ1) is 20.3. The van der Waals surface area contributed by atoms with Crippen LogP contribution < -0.4 is 10.1 Å². The molecule has 2 N–H and O–H groups in total. The Morgan fingerprint density at radius 3 is 2.88 bits per heavy atom. The zero-order valence-corrected chi connectivity index (χ0v) is 16.0. The Kier molecular flexibility index (Phi) is 8.50. The number of nitrogens with one attached hydrogen (secondary N) is 1. The largest absolute Gasteiger partial charge is 0.504 e. The van der Waals surface area contributed by atoms with Gasteiger partial charge in [-0.3, -0.25) is 0 Å². The lowest BCUT2D eigenvalue weighted by atomic mass is 10.1. The van der Waals surface area contributed by atoms with Crippen LogP contribution in [0.1, 0.15) is 18.9 Å². The molecule has 7 nitrogen and oxygen atoms in total. The van der Waals surface area contributed by atoms with E-state index in [9.17, 15) is 5.11 Å². The normalized spacial score (nSPS) is 17.6. The number of phenolic OH excluding ortho intramolecular Hbond substituents is 1. The average molecular weight is 365 g/mol. The molecule has 7 heteroatoms. The number of benzene rings is 1. The Hall–Kier alpha value is -1.99. The van der Waals surface area contributed by atoms with Crippen molar-refractivity contribution in [1.29, 1.82) is 0 Å². The lowest BCUT2D eigenvalue weighted by Crippen LogP contribution is -2.40. The fraction of sp³-hybridized carbons (Fsp3) is 0.632. The molecule has 0 amide bonds. The van der Waals surface area contributed by atoms with E-state index in [1.165, 1.54) is 0 Å². The average Bonchev–Trinajstić information content (AvgIpc) is 3.11. The highest BCUT2D eigenvalue weighted by atomic mass is 16.5. The summed E-state index contributed by atoms with van der Waals surface area (Å²) < 4.78 is 15.7. The number of rotatable bonds is 9. The first-order chi connectivity index (χ1) is 12.7. The number of hydrogen-bond donors (Lipinski definition) is 2. The molecule has 0 radical (unpaired) electrons. The first-order valence-corrected chi connectivity index (χ1v) is 9.13. The van der Waals surface area contributed by atoms with Crippen molar-refractivity contribution in [3.05, 3.63) is 23.8 Å². The highest BCUT2D eigenvalue weighted by molar-refractivity contribution is 5.80. The molecule has 0 aromatic heterocycles. The molecule has 1 saturated heterocycles. The zero-order chi connectivity index (χ0) is 18.8. The minimum absolute atomic E-state index is 0.139. The summed E-state index contributed by atoms with van der Waals surface area (Å²) in [4.78, 5) is 7.00. The summed E-state index contributed by atoms with van der Waals surface area (Å²) in [7, 11) is 3.22. The van der Waals surface area contributed by atoms with E-state index in [4.69, 9.17) is 19.2 Å². The van der Waals surface area contributed by atoms with Gasteiger partial charge in [-0.15, -0.1) is 0 Å². The number of aliphatic imine (C=N–C) groups is 1. The van der Waals surface area contributed by atoms with Crippen molar-refractivity contribution in [3.63, 3.8) is 0 Å². The third-order valence-electron chi connectivity index (χ3n) is 4.36. The number of guanidine groups is 1.